The van der Waals surface area contributed by atoms with E-state index in [0.29, 0.717) is 18.5 Å². The van der Waals surface area contributed by atoms with E-state index in [1.54, 1.807) is 17.5 Å². The summed E-state index contributed by atoms with van der Waals surface area (Å²) < 4.78 is 25.2. The predicted octanol–water partition coefficient (Wildman–Crippen LogP) is 4.86. The molecule has 0 saturated heterocycles. The van der Waals surface area contributed by atoms with Crippen molar-refractivity contribution in [2.24, 2.45) is 0 Å². The summed E-state index contributed by atoms with van der Waals surface area (Å²) in [7, 11) is 0. The van der Waals surface area contributed by atoms with E-state index in [2.05, 4.69) is 10.6 Å². The monoisotopic (exact) mass is 404 g/mol. The highest BCUT2D eigenvalue weighted by Gasteiger charge is 2.15. The number of carbonyl (C=O) groups excluding carboxylic acids is 2. The molecule has 0 saturated carbocycles. The van der Waals surface area contributed by atoms with Gasteiger partial charge < -0.3 is 10.6 Å². The zero-order valence-electron chi connectivity index (χ0n) is 12.9. The number of carbonyl (C=O) groups is 2. The first-order chi connectivity index (χ1) is 12.0. The lowest BCUT2D eigenvalue weighted by atomic mass is 10.2. The summed E-state index contributed by atoms with van der Waals surface area (Å²) in [5.74, 6) is -3.15. The number of thiophene rings is 1. The maximum atomic E-state index is 12.6. The van der Waals surface area contributed by atoms with Crippen LogP contribution in [0.3, 0.4) is 0 Å². The van der Waals surface area contributed by atoms with Gasteiger partial charge in [0.25, 0.3) is 11.7 Å². The minimum absolute atomic E-state index is 0.137. The van der Waals surface area contributed by atoms with E-state index in [9.17, 15) is 18.4 Å². The van der Waals surface area contributed by atoms with E-state index in [-0.39, 0.29) is 45.6 Å². The van der Waals surface area contributed by atoms with E-state index in [0.717, 1.165) is 0 Å². The van der Waals surface area contributed by atoms with Crippen molar-refractivity contribution in [1.82, 2.24) is 5.32 Å². The van der Waals surface area contributed by atoms with E-state index in [1.165, 1.54) is 23.5 Å². The van der Waals surface area contributed by atoms with E-state index in [1.807, 2.05) is 5.38 Å². The first kappa shape index (κ1) is 19.7. The van der Waals surface area contributed by atoms with Crippen LogP contribution in [0.5, 0.6) is 0 Å². The van der Waals surface area contributed by atoms with Gasteiger partial charge in [0, 0.05) is 23.9 Å². The van der Waals surface area contributed by atoms with Gasteiger partial charge in [0.15, 0.2) is 0 Å². The molecule has 0 atom stereocenters. The fraction of sp³-hybridized carbons (Fsp3) is 0.250. The molecule has 9 heteroatoms. The van der Waals surface area contributed by atoms with Crippen molar-refractivity contribution >= 4 is 52.2 Å². The molecule has 0 fully saturated rings. The van der Waals surface area contributed by atoms with Crippen molar-refractivity contribution in [3.8, 4) is 0 Å². The number of hydrogen-bond acceptors (Lipinski definition) is 4. The SMILES string of the molecule is O=C(CCCNC(=O)c1ccsc1)Nc1cccc(Cl)c1SC(F)F. The van der Waals surface area contributed by atoms with E-state index >= 15 is 0 Å². The molecule has 0 aliphatic heterocycles. The molecule has 134 valence electrons. The Hall–Kier alpha value is -1.64. The molecule has 2 aromatic rings. The van der Waals surface area contributed by atoms with Crippen LogP contribution >= 0.6 is 34.7 Å². The van der Waals surface area contributed by atoms with Gasteiger partial charge in [-0.1, -0.05) is 29.4 Å². The fourth-order valence-electron chi connectivity index (χ4n) is 1.98. The van der Waals surface area contributed by atoms with Crippen LogP contribution in [0.25, 0.3) is 0 Å². The molecular formula is C16H15ClF2N2O2S2. The van der Waals surface area contributed by atoms with E-state index < -0.39 is 5.76 Å². The van der Waals surface area contributed by atoms with Crippen molar-refractivity contribution in [2.75, 3.05) is 11.9 Å². The average Bonchev–Trinajstić information content (AvgIpc) is 3.09. The summed E-state index contributed by atoms with van der Waals surface area (Å²) in [5.41, 5.74) is 0.840. The second-order valence-electron chi connectivity index (χ2n) is 4.91. The lowest BCUT2D eigenvalue weighted by Gasteiger charge is -2.12. The number of alkyl halides is 2. The summed E-state index contributed by atoms with van der Waals surface area (Å²) in [6.07, 6.45) is 0.578. The Morgan fingerprint density at radius 1 is 1.28 bits per heavy atom. The van der Waals surface area contributed by atoms with Crippen molar-refractivity contribution < 1.29 is 18.4 Å². The Bertz CT molecular complexity index is 727. The van der Waals surface area contributed by atoms with E-state index in [4.69, 9.17) is 11.6 Å². The van der Waals surface area contributed by atoms with Crippen LogP contribution in [0.15, 0.2) is 39.9 Å². The van der Waals surface area contributed by atoms with Crippen LogP contribution in [0, 0.1) is 0 Å². The van der Waals surface area contributed by atoms with Crippen molar-refractivity contribution in [2.45, 2.75) is 23.5 Å². The van der Waals surface area contributed by atoms with Gasteiger partial charge >= 0.3 is 0 Å². The molecule has 2 N–H and O–H groups in total. The van der Waals surface area contributed by atoms with Crippen LogP contribution in [-0.2, 0) is 4.79 Å². The molecule has 0 bridgehead atoms. The van der Waals surface area contributed by atoms with Crippen molar-refractivity contribution in [3.05, 3.63) is 45.6 Å². The predicted molar refractivity (Wildman–Crippen MR) is 97.8 cm³/mol. The maximum Gasteiger partial charge on any atom is 0.289 e. The molecule has 0 aliphatic carbocycles. The highest BCUT2D eigenvalue weighted by molar-refractivity contribution is 7.99. The number of amides is 2. The third kappa shape index (κ3) is 6.30. The standard InChI is InChI=1S/C16H15ClF2N2O2S2/c17-11-3-1-4-12(14(11)25-16(18)19)21-13(22)5-2-7-20-15(23)10-6-8-24-9-10/h1,3-4,6,8-9,16H,2,5,7H2,(H,20,23)(H,21,22). The molecule has 0 aliphatic rings. The van der Waals surface area contributed by atoms with Gasteiger partial charge in [0.05, 0.1) is 15.6 Å². The van der Waals surface area contributed by atoms with Gasteiger partial charge in [-0.25, -0.2) is 0 Å². The Kier molecular flexibility index (Phi) is 7.67. The lowest BCUT2D eigenvalue weighted by molar-refractivity contribution is -0.116. The number of halogens is 3. The van der Waals surface area contributed by atoms with Crippen LogP contribution in [0.2, 0.25) is 5.02 Å². The van der Waals surface area contributed by atoms with Crippen LogP contribution < -0.4 is 10.6 Å². The molecule has 1 aromatic carbocycles. The lowest BCUT2D eigenvalue weighted by Crippen LogP contribution is -2.25. The normalized spacial score (nSPS) is 10.7. The van der Waals surface area contributed by atoms with Gasteiger partial charge in [-0.3, -0.25) is 9.59 Å². The summed E-state index contributed by atoms with van der Waals surface area (Å²) in [6.45, 7) is 0.344. The summed E-state index contributed by atoms with van der Waals surface area (Å²) in [5, 5.41) is 9.00. The zero-order chi connectivity index (χ0) is 18.2. The van der Waals surface area contributed by atoms with Gasteiger partial charge in [0.1, 0.15) is 0 Å². The Labute approximate surface area is 156 Å². The quantitative estimate of drug-likeness (QED) is 0.487. The second kappa shape index (κ2) is 9.74. The smallest absolute Gasteiger partial charge is 0.289 e. The van der Waals surface area contributed by atoms with Crippen molar-refractivity contribution in [3.63, 3.8) is 0 Å². The average molecular weight is 405 g/mol. The molecular weight excluding hydrogens is 390 g/mol. The molecule has 0 spiro atoms. The minimum Gasteiger partial charge on any atom is -0.352 e. The summed E-state index contributed by atoms with van der Waals surface area (Å²) >= 11 is 7.63. The third-order valence-electron chi connectivity index (χ3n) is 3.10. The molecule has 2 amide bonds. The van der Waals surface area contributed by atoms with Gasteiger partial charge in [-0.15, -0.1) is 0 Å². The number of anilines is 1. The maximum absolute atomic E-state index is 12.6. The fourth-order valence-corrected chi connectivity index (χ4v) is 3.52. The topological polar surface area (TPSA) is 58.2 Å². The minimum atomic E-state index is -2.64. The summed E-state index contributed by atoms with van der Waals surface area (Å²) in [4.78, 5) is 23.8. The molecule has 1 heterocycles. The highest BCUT2D eigenvalue weighted by atomic mass is 35.5. The van der Waals surface area contributed by atoms with Crippen molar-refractivity contribution in [1.29, 1.82) is 0 Å². The van der Waals surface area contributed by atoms with Crippen LogP contribution in [0.4, 0.5) is 14.5 Å². The first-order valence-corrected chi connectivity index (χ1v) is 9.51. The molecule has 0 radical (unpaired) electrons. The second-order valence-corrected chi connectivity index (χ2v) is 7.10. The molecule has 25 heavy (non-hydrogen) atoms. The zero-order valence-corrected chi connectivity index (χ0v) is 15.3. The number of benzene rings is 1. The molecule has 2 rings (SSSR count). The molecule has 0 unspecified atom stereocenters. The van der Waals surface area contributed by atoms with Gasteiger partial charge in [-0.2, -0.15) is 20.1 Å². The number of hydrogen-bond donors (Lipinski definition) is 2. The molecule has 4 nitrogen and oxygen atoms in total. The largest absolute Gasteiger partial charge is 0.352 e. The van der Waals surface area contributed by atoms with Crippen LogP contribution in [-0.4, -0.2) is 24.1 Å². The van der Waals surface area contributed by atoms with Gasteiger partial charge in [0.2, 0.25) is 5.91 Å². The summed E-state index contributed by atoms with van der Waals surface area (Å²) in [6, 6.07) is 6.30. The van der Waals surface area contributed by atoms with Crippen LogP contribution in [0.1, 0.15) is 23.2 Å². The Balaban J connectivity index is 1.80. The Morgan fingerprint density at radius 2 is 2.08 bits per heavy atom. The third-order valence-corrected chi connectivity index (χ3v) is 5.06. The highest BCUT2D eigenvalue weighted by Crippen LogP contribution is 2.37. The number of nitrogens with one attached hydrogen (secondary N) is 2. The number of rotatable bonds is 8. The Morgan fingerprint density at radius 3 is 2.76 bits per heavy atom. The molecule has 1 aromatic heterocycles. The van der Waals surface area contributed by atoms with Gasteiger partial charge in [-0.05, 0) is 30.0 Å². The first-order valence-electron chi connectivity index (χ1n) is 7.31. The number of thioether (sulfide) groups is 1.